The summed E-state index contributed by atoms with van der Waals surface area (Å²) in [6, 6.07) is 0. The highest BCUT2D eigenvalue weighted by atomic mass is 19.1. The van der Waals surface area contributed by atoms with Crippen LogP contribution in [0.5, 0.6) is 0 Å². The lowest BCUT2D eigenvalue weighted by atomic mass is 9.83. The first kappa shape index (κ1) is 26.8. The highest BCUT2D eigenvalue weighted by molar-refractivity contribution is 5.94. The topological polar surface area (TPSA) is 112 Å². The molecule has 1 heterocycles. The van der Waals surface area contributed by atoms with Crippen molar-refractivity contribution in [1.29, 1.82) is 0 Å². The predicted octanol–water partition coefficient (Wildman–Crippen LogP) is 2.71. The van der Waals surface area contributed by atoms with Crippen molar-refractivity contribution >= 4 is 11.7 Å². The van der Waals surface area contributed by atoms with Crippen LogP contribution in [0.3, 0.4) is 0 Å². The molecule has 1 aromatic rings. The van der Waals surface area contributed by atoms with Gasteiger partial charge in [0.15, 0.2) is 5.78 Å². The highest BCUT2D eigenvalue weighted by Crippen LogP contribution is 2.24. The van der Waals surface area contributed by atoms with E-state index in [1.54, 1.807) is 33.2 Å². The van der Waals surface area contributed by atoms with Crippen LogP contribution in [0.1, 0.15) is 65.4 Å². The number of hydrogen-bond donors (Lipinski definition) is 3. The zero-order valence-corrected chi connectivity index (χ0v) is 19.0. The lowest BCUT2D eigenvalue weighted by molar-refractivity contribution is -0.134. The average Bonchev–Trinajstić information content (AvgIpc) is 2.72. The first-order valence-electron chi connectivity index (χ1n) is 10.7. The van der Waals surface area contributed by atoms with Gasteiger partial charge in [-0.15, -0.1) is 0 Å². The molecule has 0 fully saturated rings. The Morgan fingerprint density at radius 3 is 2.26 bits per heavy atom. The van der Waals surface area contributed by atoms with Crippen LogP contribution in [0.2, 0.25) is 0 Å². The number of carbonyl (C=O) groups is 2. The number of unbranched alkanes of at least 4 members (excludes halogenated alkanes) is 3. The van der Waals surface area contributed by atoms with Gasteiger partial charge >= 0.3 is 0 Å². The molecule has 2 atom stereocenters. The van der Waals surface area contributed by atoms with Crippen molar-refractivity contribution in [2.75, 3.05) is 13.3 Å². The fourth-order valence-electron chi connectivity index (χ4n) is 3.08. The van der Waals surface area contributed by atoms with Crippen molar-refractivity contribution < 1.29 is 24.2 Å². The van der Waals surface area contributed by atoms with E-state index in [1.165, 1.54) is 25.4 Å². The summed E-state index contributed by atoms with van der Waals surface area (Å²) >= 11 is 0. The third-order valence-corrected chi connectivity index (χ3v) is 5.47. The van der Waals surface area contributed by atoms with Gasteiger partial charge in [-0.25, -0.2) is 9.97 Å². The Morgan fingerprint density at radius 2 is 1.71 bits per heavy atom. The molecular weight excluding hydrogens is 401 g/mol. The fraction of sp³-hybridized carbons (Fsp3) is 0.652. The van der Waals surface area contributed by atoms with E-state index < -0.39 is 23.2 Å². The van der Waals surface area contributed by atoms with Crippen LogP contribution in [-0.4, -0.2) is 56.3 Å². The third-order valence-electron chi connectivity index (χ3n) is 5.47. The van der Waals surface area contributed by atoms with Gasteiger partial charge in [0.05, 0.1) is 13.3 Å². The molecule has 0 aromatic carbocycles. The van der Waals surface area contributed by atoms with Crippen LogP contribution in [0.4, 0.5) is 4.39 Å². The standard InChI is InChI=1S/C23H36FN3O4/c1-18(29)22(4,10-11-23(31,16-28)9-7-5-6-8-12-24)27-20(30)21(2,3)13-19-14-25-17-26-15-19/h10-11,14-15,17,28,31H,5-9,12-13,16H2,1-4H3,(H,27,30). The van der Waals surface area contributed by atoms with E-state index in [2.05, 4.69) is 15.3 Å². The monoisotopic (exact) mass is 437 g/mol. The first-order chi connectivity index (χ1) is 14.5. The number of amides is 1. The number of aliphatic hydroxyl groups excluding tert-OH is 1. The maximum Gasteiger partial charge on any atom is 0.227 e. The van der Waals surface area contributed by atoms with E-state index in [1.807, 2.05) is 0 Å². The van der Waals surface area contributed by atoms with Gasteiger partial charge in [0, 0.05) is 17.8 Å². The molecule has 0 spiro atoms. The molecule has 0 aliphatic carbocycles. The third kappa shape index (κ3) is 8.83. The van der Waals surface area contributed by atoms with E-state index in [4.69, 9.17) is 0 Å². The molecule has 8 heteroatoms. The van der Waals surface area contributed by atoms with Crippen LogP contribution in [0.15, 0.2) is 30.9 Å². The van der Waals surface area contributed by atoms with E-state index in [0.717, 1.165) is 12.0 Å². The number of hydrogen-bond acceptors (Lipinski definition) is 6. The number of aromatic nitrogens is 2. The summed E-state index contributed by atoms with van der Waals surface area (Å²) < 4.78 is 12.2. The summed E-state index contributed by atoms with van der Waals surface area (Å²) in [7, 11) is 0. The highest BCUT2D eigenvalue weighted by Gasteiger charge is 2.36. The number of carbonyl (C=O) groups excluding carboxylic acids is 2. The average molecular weight is 438 g/mol. The molecular formula is C23H36FN3O4. The Balaban J connectivity index is 2.88. The molecule has 0 saturated carbocycles. The molecule has 174 valence electrons. The first-order valence-corrected chi connectivity index (χ1v) is 10.7. The Bertz CT molecular complexity index is 742. The summed E-state index contributed by atoms with van der Waals surface area (Å²) in [4.78, 5) is 33.3. The normalized spacial score (nSPS) is 16.0. The molecule has 0 aliphatic rings. The van der Waals surface area contributed by atoms with E-state index in [0.29, 0.717) is 25.7 Å². The lowest BCUT2D eigenvalue weighted by Gasteiger charge is -2.32. The van der Waals surface area contributed by atoms with Crippen molar-refractivity contribution in [2.45, 2.75) is 77.4 Å². The second kappa shape index (κ2) is 12.0. The number of ketones is 1. The molecule has 3 N–H and O–H groups in total. The van der Waals surface area contributed by atoms with Crippen molar-refractivity contribution in [3.63, 3.8) is 0 Å². The maximum atomic E-state index is 13.0. The Morgan fingerprint density at radius 1 is 1.10 bits per heavy atom. The minimum Gasteiger partial charge on any atom is -0.393 e. The fourth-order valence-corrected chi connectivity index (χ4v) is 3.08. The SMILES string of the molecule is CC(=O)C(C)(C=CC(O)(CO)CCCCCCF)NC(=O)C(C)(C)Cc1cncnc1. The van der Waals surface area contributed by atoms with Crippen molar-refractivity contribution in [2.24, 2.45) is 5.41 Å². The van der Waals surface area contributed by atoms with Crippen LogP contribution < -0.4 is 5.32 Å². The quantitative estimate of drug-likeness (QED) is 0.305. The zero-order valence-electron chi connectivity index (χ0n) is 19.0. The number of rotatable bonds is 14. The predicted molar refractivity (Wildman–Crippen MR) is 117 cm³/mol. The van der Waals surface area contributed by atoms with Gasteiger partial charge in [-0.2, -0.15) is 0 Å². The van der Waals surface area contributed by atoms with Crippen molar-refractivity contribution in [3.05, 3.63) is 36.4 Å². The van der Waals surface area contributed by atoms with Gasteiger partial charge in [0.25, 0.3) is 0 Å². The molecule has 1 aromatic heterocycles. The van der Waals surface area contributed by atoms with Gasteiger partial charge in [0.1, 0.15) is 17.5 Å². The van der Waals surface area contributed by atoms with Crippen molar-refractivity contribution in [3.8, 4) is 0 Å². The number of nitrogens with one attached hydrogen (secondary N) is 1. The molecule has 0 aliphatic heterocycles. The Labute approximate surface area is 184 Å². The number of nitrogens with zero attached hydrogens (tertiary/aromatic N) is 2. The van der Waals surface area contributed by atoms with Gasteiger partial charge in [0.2, 0.25) is 5.91 Å². The van der Waals surface area contributed by atoms with Gasteiger partial charge in [-0.3, -0.25) is 14.0 Å². The Kier molecular flexibility index (Phi) is 10.4. The van der Waals surface area contributed by atoms with E-state index in [9.17, 15) is 24.2 Å². The van der Waals surface area contributed by atoms with Crippen LogP contribution in [0.25, 0.3) is 0 Å². The second-order valence-electron chi connectivity index (χ2n) is 8.97. The molecule has 0 radical (unpaired) electrons. The van der Waals surface area contributed by atoms with Gasteiger partial charge in [-0.1, -0.05) is 45.3 Å². The number of Topliss-reactive ketones (excluding diaryl/α,β-unsaturated/α-hetero) is 1. The van der Waals surface area contributed by atoms with Crippen molar-refractivity contribution in [1.82, 2.24) is 15.3 Å². The molecule has 7 nitrogen and oxygen atoms in total. The molecule has 0 saturated heterocycles. The molecule has 31 heavy (non-hydrogen) atoms. The van der Waals surface area contributed by atoms with Crippen LogP contribution in [-0.2, 0) is 16.0 Å². The minimum atomic E-state index is -1.52. The molecule has 0 bridgehead atoms. The summed E-state index contributed by atoms with van der Waals surface area (Å²) in [5.74, 6) is -0.642. The number of halogens is 1. The van der Waals surface area contributed by atoms with Gasteiger partial charge in [-0.05, 0) is 38.7 Å². The molecule has 1 amide bonds. The van der Waals surface area contributed by atoms with Gasteiger partial charge < -0.3 is 15.5 Å². The Hall–Kier alpha value is -2.19. The second-order valence-corrected chi connectivity index (χ2v) is 8.97. The molecule has 1 rings (SSSR count). The summed E-state index contributed by atoms with van der Waals surface area (Å²) in [6.07, 6.45) is 10.7. The maximum absolute atomic E-state index is 13.0. The van der Waals surface area contributed by atoms with Crippen LogP contribution >= 0.6 is 0 Å². The lowest BCUT2D eigenvalue weighted by Crippen LogP contribution is -2.54. The van der Waals surface area contributed by atoms with E-state index in [-0.39, 0.29) is 24.8 Å². The molecule has 2 unspecified atom stereocenters. The zero-order chi connectivity index (χ0) is 23.5. The number of aliphatic hydroxyl groups is 2. The summed E-state index contributed by atoms with van der Waals surface area (Å²) in [6.45, 7) is 5.56. The van der Waals surface area contributed by atoms with E-state index >= 15 is 0 Å². The smallest absolute Gasteiger partial charge is 0.227 e. The summed E-state index contributed by atoms with van der Waals surface area (Å²) in [5.41, 5.74) is -2.91. The largest absolute Gasteiger partial charge is 0.393 e. The summed E-state index contributed by atoms with van der Waals surface area (Å²) in [5, 5.41) is 23.1. The van der Waals surface area contributed by atoms with Crippen LogP contribution in [0, 0.1) is 5.41 Å². The minimum absolute atomic E-state index is 0.272. The number of alkyl halides is 1.